The van der Waals surface area contributed by atoms with Crippen LogP contribution >= 0.6 is 15.9 Å². The van der Waals surface area contributed by atoms with Crippen molar-refractivity contribution in [3.05, 3.63) is 17.5 Å². The topological polar surface area (TPSA) is 28.7 Å². The number of nitrogens with one attached hydrogen (secondary N) is 1. The molecule has 0 saturated heterocycles. The lowest BCUT2D eigenvalue weighted by molar-refractivity contribution is 1.04. The largest absolute Gasteiger partial charge is 0.283 e. The van der Waals surface area contributed by atoms with Crippen molar-refractivity contribution < 1.29 is 0 Å². The molecule has 1 heterocycles. The van der Waals surface area contributed by atoms with E-state index in [1.807, 2.05) is 13.1 Å². The van der Waals surface area contributed by atoms with Crippen molar-refractivity contribution in [1.82, 2.24) is 10.2 Å². The number of H-pyrrole nitrogens is 1. The van der Waals surface area contributed by atoms with Crippen molar-refractivity contribution in [3.8, 4) is 0 Å². The van der Waals surface area contributed by atoms with Gasteiger partial charge >= 0.3 is 0 Å². The second kappa shape index (κ2) is 2.31. The maximum absolute atomic E-state index is 3.84. The summed E-state index contributed by atoms with van der Waals surface area (Å²) in [5.74, 6) is 0. The molecule has 0 atom stereocenters. The molecular formula is C5H7BrN2. The van der Waals surface area contributed by atoms with Gasteiger partial charge in [0.05, 0.1) is 6.20 Å². The van der Waals surface area contributed by atoms with Crippen LogP contribution in [0.15, 0.2) is 6.20 Å². The van der Waals surface area contributed by atoms with Crippen LogP contribution in [0.4, 0.5) is 0 Å². The average molecular weight is 175 g/mol. The minimum Gasteiger partial charge on any atom is -0.283 e. The first-order chi connectivity index (χ1) is 3.84. The molecule has 0 aliphatic heterocycles. The molecule has 3 heteroatoms. The van der Waals surface area contributed by atoms with Crippen molar-refractivity contribution >= 4 is 15.9 Å². The summed E-state index contributed by atoms with van der Waals surface area (Å²) in [6.45, 7) is 2.00. The lowest BCUT2D eigenvalue weighted by Gasteiger charge is -1.85. The number of nitrogens with zero attached hydrogens (tertiary/aromatic N) is 1. The first-order valence-corrected chi connectivity index (χ1v) is 3.51. The fraction of sp³-hybridized carbons (Fsp3) is 0.400. The third-order valence-electron chi connectivity index (χ3n) is 1.08. The minimum atomic E-state index is 0.884. The van der Waals surface area contributed by atoms with Crippen LogP contribution < -0.4 is 0 Å². The third-order valence-corrected chi connectivity index (χ3v) is 1.68. The second-order valence-corrected chi connectivity index (χ2v) is 2.21. The smallest absolute Gasteiger partial charge is 0.0530 e. The second-order valence-electron chi connectivity index (χ2n) is 1.65. The lowest BCUT2D eigenvalue weighted by Crippen LogP contribution is -1.75. The molecule has 0 aliphatic rings. The molecule has 2 nitrogen and oxygen atoms in total. The number of halogens is 1. The number of aryl methyl sites for hydroxylation is 1. The molecule has 0 aliphatic carbocycles. The van der Waals surface area contributed by atoms with Gasteiger partial charge in [0.25, 0.3) is 0 Å². The van der Waals surface area contributed by atoms with Gasteiger partial charge < -0.3 is 0 Å². The highest BCUT2D eigenvalue weighted by atomic mass is 79.9. The Balaban J connectivity index is 2.92. The zero-order valence-corrected chi connectivity index (χ0v) is 6.20. The molecule has 0 amide bonds. The Labute approximate surface area is 56.4 Å². The van der Waals surface area contributed by atoms with Gasteiger partial charge in [-0.3, -0.25) is 5.10 Å². The molecule has 0 unspecified atom stereocenters. The summed E-state index contributed by atoms with van der Waals surface area (Å²) < 4.78 is 0. The molecule has 1 aromatic heterocycles. The summed E-state index contributed by atoms with van der Waals surface area (Å²) in [6, 6.07) is 0. The van der Waals surface area contributed by atoms with Crippen LogP contribution in [0.3, 0.4) is 0 Å². The van der Waals surface area contributed by atoms with E-state index < -0.39 is 0 Å². The predicted octanol–water partition coefficient (Wildman–Crippen LogP) is 1.61. The first-order valence-electron chi connectivity index (χ1n) is 2.39. The summed E-state index contributed by atoms with van der Waals surface area (Å²) in [4.78, 5) is 0. The van der Waals surface area contributed by atoms with E-state index in [1.54, 1.807) is 0 Å². The fourth-order valence-electron chi connectivity index (χ4n) is 0.510. The molecule has 1 aromatic rings. The van der Waals surface area contributed by atoms with Gasteiger partial charge in [-0.15, -0.1) is 0 Å². The SMILES string of the molecule is Cc1[nH]ncc1CBr. The minimum absolute atomic E-state index is 0.884. The normalized spacial score (nSPS) is 9.75. The van der Waals surface area contributed by atoms with Crippen LogP contribution in [-0.4, -0.2) is 10.2 Å². The molecule has 44 valence electrons. The zero-order chi connectivity index (χ0) is 5.98. The number of aromatic amines is 1. The molecule has 0 fully saturated rings. The first kappa shape index (κ1) is 5.82. The van der Waals surface area contributed by atoms with Crippen LogP contribution in [0.5, 0.6) is 0 Å². The number of rotatable bonds is 1. The Morgan fingerprint density at radius 1 is 1.88 bits per heavy atom. The van der Waals surface area contributed by atoms with E-state index in [-0.39, 0.29) is 0 Å². The van der Waals surface area contributed by atoms with Gasteiger partial charge in [0, 0.05) is 16.6 Å². The molecule has 0 spiro atoms. The Kier molecular flexibility index (Phi) is 1.68. The molecular weight excluding hydrogens is 168 g/mol. The molecule has 1 N–H and O–H groups in total. The van der Waals surface area contributed by atoms with Crippen LogP contribution in [0, 0.1) is 6.92 Å². The fourth-order valence-corrected chi connectivity index (χ4v) is 1.08. The Morgan fingerprint density at radius 3 is 2.88 bits per heavy atom. The van der Waals surface area contributed by atoms with Gasteiger partial charge in [0.15, 0.2) is 0 Å². The monoisotopic (exact) mass is 174 g/mol. The van der Waals surface area contributed by atoms with Gasteiger partial charge in [-0.05, 0) is 6.92 Å². The van der Waals surface area contributed by atoms with E-state index in [0.29, 0.717) is 0 Å². The quantitative estimate of drug-likeness (QED) is 0.645. The van der Waals surface area contributed by atoms with E-state index >= 15 is 0 Å². The van der Waals surface area contributed by atoms with Crippen molar-refractivity contribution in [3.63, 3.8) is 0 Å². The van der Waals surface area contributed by atoms with Crippen molar-refractivity contribution in [2.24, 2.45) is 0 Å². The van der Waals surface area contributed by atoms with Crippen LogP contribution in [0.1, 0.15) is 11.3 Å². The van der Waals surface area contributed by atoms with Crippen LogP contribution in [-0.2, 0) is 5.33 Å². The zero-order valence-electron chi connectivity index (χ0n) is 4.61. The molecule has 0 saturated carbocycles. The Morgan fingerprint density at radius 2 is 2.62 bits per heavy atom. The summed E-state index contributed by atoms with van der Waals surface area (Å²) in [5, 5.41) is 7.56. The molecule has 1 rings (SSSR count). The number of aromatic nitrogens is 2. The highest BCUT2D eigenvalue weighted by Gasteiger charge is 1.94. The van der Waals surface area contributed by atoms with Crippen molar-refractivity contribution in [1.29, 1.82) is 0 Å². The third kappa shape index (κ3) is 0.916. The van der Waals surface area contributed by atoms with Crippen molar-refractivity contribution in [2.75, 3.05) is 0 Å². The molecule has 8 heavy (non-hydrogen) atoms. The van der Waals surface area contributed by atoms with Crippen LogP contribution in [0.2, 0.25) is 0 Å². The highest BCUT2D eigenvalue weighted by Crippen LogP contribution is 2.05. The van der Waals surface area contributed by atoms with E-state index in [1.165, 1.54) is 5.56 Å². The maximum Gasteiger partial charge on any atom is 0.0530 e. The summed E-state index contributed by atoms with van der Waals surface area (Å²) in [5.41, 5.74) is 2.37. The van der Waals surface area contributed by atoms with Gasteiger partial charge in [-0.25, -0.2) is 0 Å². The van der Waals surface area contributed by atoms with Crippen LogP contribution in [0.25, 0.3) is 0 Å². The number of hydrogen-bond acceptors (Lipinski definition) is 1. The van der Waals surface area contributed by atoms with E-state index in [9.17, 15) is 0 Å². The number of hydrogen-bond donors (Lipinski definition) is 1. The van der Waals surface area contributed by atoms with E-state index in [2.05, 4.69) is 26.1 Å². The van der Waals surface area contributed by atoms with Gasteiger partial charge in [0.2, 0.25) is 0 Å². The van der Waals surface area contributed by atoms with Gasteiger partial charge in [0.1, 0.15) is 0 Å². The van der Waals surface area contributed by atoms with Gasteiger partial charge in [-0.1, -0.05) is 15.9 Å². The Bertz CT molecular complexity index is 171. The standard InChI is InChI=1S/C5H7BrN2/c1-4-5(2-6)3-7-8-4/h3H,2H2,1H3,(H,7,8). The van der Waals surface area contributed by atoms with E-state index in [0.717, 1.165) is 11.0 Å². The summed E-state index contributed by atoms with van der Waals surface area (Å²) in [7, 11) is 0. The maximum atomic E-state index is 3.84. The van der Waals surface area contributed by atoms with Gasteiger partial charge in [-0.2, -0.15) is 5.10 Å². The van der Waals surface area contributed by atoms with E-state index in [4.69, 9.17) is 0 Å². The molecule has 0 radical (unpaired) electrons. The lowest BCUT2D eigenvalue weighted by atomic mass is 10.3. The number of alkyl halides is 1. The average Bonchev–Trinajstić information content (AvgIpc) is 2.14. The summed E-state index contributed by atoms with van der Waals surface area (Å²) >= 11 is 3.33. The predicted molar refractivity (Wildman–Crippen MR) is 36.0 cm³/mol. The highest BCUT2D eigenvalue weighted by molar-refractivity contribution is 9.08. The Hall–Kier alpha value is -0.310. The summed E-state index contributed by atoms with van der Waals surface area (Å²) in [6.07, 6.45) is 1.82. The molecule has 0 aromatic carbocycles. The molecule has 0 bridgehead atoms. The van der Waals surface area contributed by atoms with Crippen molar-refractivity contribution in [2.45, 2.75) is 12.3 Å².